The van der Waals surface area contributed by atoms with Crippen LogP contribution in [0.5, 0.6) is 0 Å². The highest BCUT2D eigenvalue weighted by molar-refractivity contribution is 5.91. The molecule has 0 saturated heterocycles. The molecule has 2 nitrogen and oxygen atoms in total. The third kappa shape index (κ3) is 3.11. The van der Waals surface area contributed by atoms with Gasteiger partial charge >= 0.3 is 0 Å². The molecule has 0 aromatic heterocycles. The van der Waals surface area contributed by atoms with E-state index in [0.717, 1.165) is 12.8 Å². The van der Waals surface area contributed by atoms with Crippen LogP contribution in [-0.4, -0.2) is 5.91 Å². The number of carbonyl (C=O) groups excluding carboxylic acids is 1. The summed E-state index contributed by atoms with van der Waals surface area (Å²) in [5.41, 5.74) is 3.91. The topological polar surface area (TPSA) is 29.1 Å². The van der Waals surface area contributed by atoms with Crippen molar-refractivity contribution in [2.24, 2.45) is 0 Å². The molecular formula is C27H23NO. The Hall–Kier alpha value is -3.39. The molecule has 0 radical (unpaired) electrons. The molecule has 1 aliphatic carbocycles. The summed E-state index contributed by atoms with van der Waals surface area (Å²) in [6.45, 7) is 3.62. The fourth-order valence-electron chi connectivity index (χ4n) is 4.78. The van der Waals surface area contributed by atoms with Crippen molar-refractivity contribution in [1.82, 2.24) is 5.32 Å². The molecule has 142 valence electrons. The lowest BCUT2D eigenvalue weighted by atomic mass is 9.74. The zero-order chi connectivity index (χ0) is 19.8. The van der Waals surface area contributed by atoms with Crippen LogP contribution in [0.1, 0.15) is 41.5 Å². The third-order valence-electron chi connectivity index (χ3n) is 6.15. The quantitative estimate of drug-likeness (QED) is 0.419. The first kappa shape index (κ1) is 17.7. The SMILES string of the molecule is C=CC(=O)N[C@H]1CC[C@H](c2ccc3ccccc3c2)c2ccc3ccccc3c21. The molecule has 4 aromatic carbocycles. The molecule has 0 aliphatic heterocycles. The molecule has 1 aliphatic rings. The minimum absolute atomic E-state index is 0.0123. The van der Waals surface area contributed by atoms with E-state index < -0.39 is 0 Å². The highest BCUT2D eigenvalue weighted by Gasteiger charge is 2.30. The molecule has 0 fully saturated rings. The van der Waals surface area contributed by atoms with Gasteiger partial charge in [-0.25, -0.2) is 0 Å². The number of benzene rings is 4. The molecule has 2 atom stereocenters. The Labute approximate surface area is 170 Å². The Bertz CT molecular complexity index is 1240. The van der Waals surface area contributed by atoms with Crippen LogP contribution in [0, 0.1) is 0 Å². The minimum atomic E-state index is -0.113. The molecular weight excluding hydrogens is 354 g/mol. The first-order valence-electron chi connectivity index (χ1n) is 10.2. The van der Waals surface area contributed by atoms with Gasteiger partial charge in [0.25, 0.3) is 0 Å². The van der Waals surface area contributed by atoms with Crippen LogP contribution >= 0.6 is 0 Å². The highest BCUT2D eigenvalue weighted by Crippen LogP contribution is 2.44. The van der Waals surface area contributed by atoms with Crippen LogP contribution in [0.4, 0.5) is 0 Å². The van der Waals surface area contributed by atoms with E-state index in [9.17, 15) is 4.79 Å². The molecule has 1 amide bonds. The second kappa shape index (κ2) is 7.21. The molecule has 0 bridgehead atoms. The van der Waals surface area contributed by atoms with E-state index in [1.54, 1.807) is 0 Å². The monoisotopic (exact) mass is 377 g/mol. The maximum Gasteiger partial charge on any atom is 0.243 e. The predicted octanol–water partition coefficient (Wildman–Crippen LogP) is 6.26. The summed E-state index contributed by atoms with van der Waals surface area (Å²) in [7, 11) is 0. The van der Waals surface area contributed by atoms with E-state index >= 15 is 0 Å². The minimum Gasteiger partial charge on any atom is -0.346 e. The lowest BCUT2D eigenvalue weighted by Crippen LogP contribution is -2.31. The van der Waals surface area contributed by atoms with E-state index in [0.29, 0.717) is 5.92 Å². The summed E-state index contributed by atoms with van der Waals surface area (Å²) < 4.78 is 0. The predicted molar refractivity (Wildman–Crippen MR) is 120 cm³/mol. The Kier molecular flexibility index (Phi) is 4.40. The zero-order valence-electron chi connectivity index (χ0n) is 16.3. The standard InChI is InChI=1S/C27H23NO/c1-2-26(29)28-25-16-15-22(21-12-11-18-7-3-4-9-20(18)17-21)24-14-13-19-8-5-6-10-23(19)27(24)25/h2-14,17,22,25H,1,15-16H2,(H,28,29)/t22-,25+/m1/s1. The Morgan fingerprint density at radius 2 is 1.59 bits per heavy atom. The van der Waals surface area contributed by atoms with Gasteiger partial charge in [0.05, 0.1) is 6.04 Å². The Balaban J connectivity index is 1.67. The van der Waals surface area contributed by atoms with Gasteiger partial charge in [-0.05, 0) is 57.2 Å². The molecule has 0 heterocycles. The number of carbonyl (C=O) groups is 1. The summed E-state index contributed by atoms with van der Waals surface area (Å²) in [6.07, 6.45) is 3.28. The number of hydrogen-bond acceptors (Lipinski definition) is 1. The lowest BCUT2D eigenvalue weighted by Gasteiger charge is -2.33. The van der Waals surface area contributed by atoms with Crippen LogP contribution in [-0.2, 0) is 4.79 Å². The summed E-state index contributed by atoms with van der Waals surface area (Å²) >= 11 is 0. The van der Waals surface area contributed by atoms with Gasteiger partial charge in [-0.15, -0.1) is 0 Å². The van der Waals surface area contributed by atoms with E-state index in [4.69, 9.17) is 0 Å². The molecule has 5 rings (SSSR count). The van der Waals surface area contributed by atoms with Gasteiger partial charge in [-0.2, -0.15) is 0 Å². The van der Waals surface area contributed by atoms with Gasteiger partial charge in [0.1, 0.15) is 0 Å². The van der Waals surface area contributed by atoms with Crippen LogP contribution in [0.25, 0.3) is 21.5 Å². The van der Waals surface area contributed by atoms with E-state index in [1.807, 2.05) is 0 Å². The fourth-order valence-corrected chi connectivity index (χ4v) is 4.78. The van der Waals surface area contributed by atoms with E-state index in [-0.39, 0.29) is 11.9 Å². The van der Waals surface area contributed by atoms with Gasteiger partial charge in [0.2, 0.25) is 5.91 Å². The zero-order valence-corrected chi connectivity index (χ0v) is 16.3. The molecule has 1 N–H and O–H groups in total. The number of fused-ring (bicyclic) bond motifs is 4. The Morgan fingerprint density at radius 3 is 2.41 bits per heavy atom. The Morgan fingerprint density at radius 1 is 0.862 bits per heavy atom. The summed E-state index contributed by atoms with van der Waals surface area (Å²) in [5.74, 6) is 0.217. The first-order chi connectivity index (χ1) is 14.2. The smallest absolute Gasteiger partial charge is 0.243 e. The van der Waals surface area contributed by atoms with E-state index in [2.05, 4.69) is 90.8 Å². The molecule has 0 saturated carbocycles. The average molecular weight is 377 g/mol. The lowest BCUT2D eigenvalue weighted by molar-refractivity contribution is -0.117. The maximum absolute atomic E-state index is 12.1. The molecule has 0 unspecified atom stereocenters. The molecule has 4 aromatic rings. The van der Waals surface area contributed by atoms with Crippen LogP contribution < -0.4 is 5.32 Å². The van der Waals surface area contributed by atoms with Gasteiger partial charge in [-0.1, -0.05) is 85.4 Å². The van der Waals surface area contributed by atoms with Crippen molar-refractivity contribution in [3.63, 3.8) is 0 Å². The van der Waals surface area contributed by atoms with Crippen LogP contribution in [0.2, 0.25) is 0 Å². The normalized spacial score (nSPS) is 18.3. The van der Waals surface area contributed by atoms with Crippen molar-refractivity contribution in [2.75, 3.05) is 0 Å². The second-order valence-electron chi connectivity index (χ2n) is 7.79. The summed E-state index contributed by atoms with van der Waals surface area (Å²) in [4.78, 5) is 12.1. The van der Waals surface area contributed by atoms with Gasteiger partial charge in [0.15, 0.2) is 0 Å². The van der Waals surface area contributed by atoms with Crippen molar-refractivity contribution in [3.8, 4) is 0 Å². The second-order valence-corrected chi connectivity index (χ2v) is 7.79. The molecule has 29 heavy (non-hydrogen) atoms. The van der Waals surface area contributed by atoms with Gasteiger partial charge < -0.3 is 5.32 Å². The number of amides is 1. The highest BCUT2D eigenvalue weighted by atomic mass is 16.1. The van der Waals surface area contributed by atoms with Crippen molar-refractivity contribution >= 4 is 27.5 Å². The summed E-state index contributed by atoms with van der Waals surface area (Å²) in [5, 5.41) is 8.14. The molecule has 2 heteroatoms. The average Bonchev–Trinajstić information content (AvgIpc) is 2.78. The van der Waals surface area contributed by atoms with Gasteiger partial charge in [-0.3, -0.25) is 4.79 Å². The van der Waals surface area contributed by atoms with Crippen molar-refractivity contribution < 1.29 is 4.79 Å². The molecule has 0 spiro atoms. The number of nitrogens with one attached hydrogen (secondary N) is 1. The summed E-state index contributed by atoms with van der Waals surface area (Å²) in [6, 6.07) is 28.2. The number of rotatable bonds is 3. The fraction of sp³-hybridized carbons (Fsp3) is 0.148. The van der Waals surface area contributed by atoms with Crippen molar-refractivity contribution in [3.05, 3.63) is 108 Å². The third-order valence-corrected chi connectivity index (χ3v) is 6.15. The van der Waals surface area contributed by atoms with E-state index in [1.165, 1.54) is 44.3 Å². The van der Waals surface area contributed by atoms with Gasteiger partial charge in [0, 0.05) is 5.92 Å². The number of hydrogen-bond donors (Lipinski definition) is 1. The van der Waals surface area contributed by atoms with Crippen LogP contribution in [0.3, 0.4) is 0 Å². The van der Waals surface area contributed by atoms with Crippen LogP contribution in [0.15, 0.2) is 91.5 Å². The van der Waals surface area contributed by atoms with Crippen molar-refractivity contribution in [2.45, 2.75) is 24.8 Å². The maximum atomic E-state index is 12.1. The first-order valence-corrected chi connectivity index (χ1v) is 10.2. The largest absolute Gasteiger partial charge is 0.346 e. The van der Waals surface area contributed by atoms with Crippen molar-refractivity contribution in [1.29, 1.82) is 0 Å².